The molecule has 0 N–H and O–H groups in total. The lowest BCUT2D eigenvalue weighted by molar-refractivity contribution is 0.560. The highest BCUT2D eigenvalue weighted by Gasteiger charge is 1.94. The molecule has 1 rings (SSSR count). The Morgan fingerprint density at radius 1 is 1.75 bits per heavy atom. The van der Waals surface area contributed by atoms with Crippen molar-refractivity contribution in [2.45, 2.75) is 13.7 Å². The van der Waals surface area contributed by atoms with Crippen LogP contribution in [0.3, 0.4) is 0 Å². The number of oxazole rings is 1. The van der Waals surface area contributed by atoms with Crippen LogP contribution in [0.2, 0.25) is 6.82 Å². The third kappa shape index (κ3) is 0.913. The number of rotatable bonds is 1. The standard InChI is InChI=1S/C5H7BNO/c1-4-3-7-5(6-2)8-4/h3H,1-2H3. The van der Waals surface area contributed by atoms with Gasteiger partial charge in [-0.05, 0) is 6.92 Å². The molecular weight excluding hydrogens is 101 g/mol. The molecule has 0 aliphatic heterocycles. The number of aromatic nitrogens is 1. The normalized spacial score (nSPS) is 9.25. The fraction of sp³-hybridized carbons (Fsp3) is 0.400. The summed E-state index contributed by atoms with van der Waals surface area (Å²) in [5.41, 5.74) is 0. The lowest BCUT2D eigenvalue weighted by Gasteiger charge is -1.79. The van der Waals surface area contributed by atoms with Gasteiger partial charge in [0.05, 0.1) is 6.20 Å². The van der Waals surface area contributed by atoms with Crippen LogP contribution in [0, 0.1) is 6.92 Å². The van der Waals surface area contributed by atoms with Crippen molar-refractivity contribution in [2.75, 3.05) is 0 Å². The predicted octanol–water partition coefficient (Wildman–Crippen LogP) is 0.361. The van der Waals surface area contributed by atoms with Crippen molar-refractivity contribution in [3.05, 3.63) is 12.0 Å². The van der Waals surface area contributed by atoms with Crippen molar-refractivity contribution in [2.24, 2.45) is 0 Å². The SMILES string of the molecule is C[B]c1ncc(C)o1. The molecule has 0 amide bonds. The van der Waals surface area contributed by atoms with Crippen molar-refractivity contribution in [1.29, 1.82) is 0 Å². The number of hydrogen-bond donors (Lipinski definition) is 0. The van der Waals surface area contributed by atoms with Gasteiger partial charge in [-0.25, -0.2) is 4.98 Å². The quantitative estimate of drug-likeness (QED) is 0.485. The molecule has 1 radical (unpaired) electrons. The van der Waals surface area contributed by atoms with Gasteiger partial charge in [0.25, 0.3) is 0 Å². The van der Waals surface area contributed by atoms with Crippen molar-refractivity contribution < 1.29 is 4.42 Å². The van der Waals surface area contributed by atoms with Crippen molar-refractivity contribution in [3.8, 4) is 0 Å². The first-order valence-corrected chi connectivity index (χ1v) is 2.54. The third-order valence-corrected chi connectivity index (χ3v) is 0.886. The second-order valence-corrected chi connectivity index (χ2v) is 1.60. The maximum atomic E-state index is 5.07. The molecule has 0 aromatic carbocycles. The van der Waals surface area contributed by atoms with E-state index in [9.17, 15) is 0 Å². The molecule has 8 heavy (non-hydrogen) atoms. The summed E-state index contributed by atoms with van der Waals surface area (Å²) in [5.74, 6) is 1.56. The zero-order chi connectivity index (χ0) is 5.98. The molecule has 0 unspecified atom stereocenters. The maximum absolute atomic E-state index is 5.07. The van der Waals surface area contributed by atoms with Gasteiger partial charge in [0, 0.05) is 0 Å². The van der Waals surface area contributed by atoms with Crippen LogP contribution in [0.4, 0.5) is 0 Å². The molecule has 0 atom stereocenters. The molecule has 0 fully saturated rings. The van der Waals surface area contributed by atoms with E-state index >= 15 is 0 Å². The lowest BCUT2D eigenvalue weighted by Crippen LogP contribution is -2.09. The zero-order valence-corrected chi connectivity index (χ0v) is 5.01. The van der Waals surface area contributed by atoms with Crippen LogP contribution >= 0.6 is 0 Å². The van der Waals surface area contributed by atoms with Gasteiger partial charge in [0.15, 0.2) is 0 Å². The Labute approximate surface area is 49.2 Å². The summed E-state index contributed by atoms with van der Waals surface area (Å²) in [6.07, 6.45) is 1.70. The maximum Gasteiger partial charge on any atom is 0.226 e. The number of hydrogen-bond acceptors (Lipinski definition) is 2. The van der Waals surface area contributed by atoms with E-state index in [4.69, 9.17) is 4.42 Å². The minimum absolute atomic E-state index is 0.697. The first kappa shape index (κ1) is 5.41. The molecule has 1 aromatic rings. The first-order valence-electron chi connectivity index (χ1n) is 2.54. The van der Waals surface area contributed by atoms with Crippen LogP contribution in [0.5, 0.6) is 0 Å². The monoisotopic (exact) mass is 108 g/mol. The molecule has 3 heteroatoms. The summed E-state index contributed by atoms with van der Waals surface area (Å²) in [6.45, 7) is 3.77. The summed E-state index contributed by atoms with van der Waals surface area (Å²) in [7, 11) is 1.83. The molecule has 41 valence electrons. The molecule has 2 nitrogen and oxygen atoms in total. The largest absolute Gasteiger partial charge is 0.457 e. The summed E-state index contributed by atoms with van der Waals surface area (Å²) < 4.78 is 5.07. The average molecular weight is 108 g/mol. The van der Waals surface area contributed by atoms with Crippen LogP contribution in [0.15, 0.2) is 10.6 Å². The van der Waals surface area contributed by atoms with Crippen LogP contribution in [-0.2, 0) is 0 Å². The summed E-state index contributed by atoms with van der Waals surface area (Å²) in [6, 6.07) is 0. The van der Waals surface area contributed by atoms with Gasteiger partial charge in [-0.1, -0.05) is 6.82 Å². The fourth-order valence-corrected chi connectivity index (χ4v) is 0.506. The van der Waals surface area contributed by atoms with Crippen molar-refractivity contribution in [3.63, 3.8) is 0 Å². The van der Waals surface area contributed by atoms with Crippen LogP contribution in [-0.4, -0.2) is 12.3 Å². The first-order chi connectivity index (χ1) is 3.83. The van der Waals surface area contributed by atoms with Crippen LogP contribution < -0.4 is 5.79 Å². The second-order valence-electron chi connectivity index (χ2n) is 1.60. The zero-order valence-electron chi connectivity index (χ0n) is 5.01. The van der Waals surface area contributed by atoms with Gasteiger partial charge < -0.3 is 4.42 Å². The highest BCUT2D eigenvalue weighted by molar-refractivity contribution is 6.48. The molecule has 0 saturated heterocycles. The Balaban J connectivity index is 2.84. The molecule has 1 heterocycles. The minimum Gasteiger partial charge on any atom is -0.457 e. The van der Waals surface area contributed by atoms with E-state index < -0.39 is 0 Å². The Morgan fingerprint density at radius 2 is 2.50 bits per heavy atom. The minimum atomic E-state index is 0.697. The molecule has 0 aliphatic carbocycles. The Morgan fingerprint density at radius 3 is 2.75 bits per heavy atom. The van der Waals surface area contributed by atoms with E-state index in [0.29, 0.717) is 5.79 Å². The Bertz CT molecular complexity index is 173. The van der Waals surface area contributed by atoms with E-state index in [1.165, 1.54) is 0 Å². The Hall–Kier alpha value is -0.725. The average Bonchev–Trinajstić information content (AvgIpc) is 2.14. The highest BCUT2D eigenvalue weighted by Crippen LogP contribution is 1.87. The van der Waals surface area contributed by atoms with Gasteiger partial charge in [-0.2, -0.15) is 0 Å². The van der Waals surface area contributed by atoms with Gasteiger partial charge in [0.2, 0.25) is 7.28 Å². The van der Waals surface area contributed by atoms with E-state index in [2.05, 4.69) is 4.98 Å². The molecule has 0 aliphatic rings. The molecule has 0 saturated carbocycles. The Kier molecular flexibility index (Phi) is 1.37. The molecular formula is C5H7BNO. The van der Waals surface area contributed by atoms with Crippen molar-refractivity contribution >= 4 is 13.1 Å². The van der Waals surface area contributed by atoms with Gasteiger partial charge in [-0.15, -0.1) is 0 Å². The van der Waals surface area contributed by atoms with E-state index in [1.54, 1.807) is 6.20 Å². The summed E-state index contributed by atoms with van der Waals surface area (Å²) in [4.78, 5) is 3.91. The van der Waals surface area contributed by atoms with Crippen molar-refractivity contribution in [1.82, 2.24) is 4.98 Å². The third-order valence-electron chi connectivity index (χ3n) is 0.886. The van der Waals surface area contributed by atoms with Gasteiger partial charge in [-0.3, -0.25) is 0 Å². The fourth-order valence-electron chi connectivity index (χ4n) is 0.506. The van der Waals surface area contributed by atoms with E-state index in [0.717, 1.165) is 5.76 Å². The smallest absolute Gasteiger partial charge is 0.226 e. The number of aryl methyl sites for hydroxylation is 1. The second kappa shape index (κ2) is 2.03. The van der Waals surface area contributed by atoms with Crippen LogP contribution in [0.1, 0.15) is 5.76 Å². The topological polar surface area (TPSA) is 26.0 Å². The molecule has 1 aromatic heterocycles. The highest BCUT2D eigenvalue weighted by atomic mass is 16.3. The van der Waals surface area contributed by atoms with Gasteiger partial charge in [0.1, 0.15) is 11.6 Å². The number of nitrogens with zero attached hydrogens (tertiary/aromatic N) is 1. The summed E-state index contributed by atoms with van der Waals surface area (Å²) >= 11 is 0. The molecule has 0 bridgehead atoms. The van der Waals surface area contributed by atoms with Crippen LogP contribution in [0.25, 0.3) is 0 Å². The van der Waals surface area contributed by atoms with E-state index in [1.807, 2.05) is 21.0 Å². The molecule has 0 spiro atoms. The predicted molar refractivity (Wildman–Crippen MR) is 32.5 cm³/mol. The lowest BCUT2D eigenvalue weighted by atomic mass is 9.83. The van der Waals surface area contributed by atoms with E-state index in [-0.39, 0.29) is 0 Å². The summed E-state index contributed by atoms with van der Waals surface area (Å²) in [5, 5.41) is 0. The van der Waals surface area contributed by atoms with Gasteiger partial charge >= 0.3 is 0 Å².